The van der Waals surface area contributed by atoms with Gasteiger partial charge in [0.15, 0.2) is 0 Å². The summed E-state index contributed by atoms with van der Waals surface area (Å²) in [6.07, 6.45) is 8.67. The van der Waals surface area contributed by atoms with Gasteiger partial charge in [-0.3, -0.25) is 0 Å². The molecule has 1 unspecified atom stereocenters. The predicted molar refractivity (Wildman–Crippen MR) is 115 cm³/mol. The van der Waals surface area contributed by atoms with Crippen LogP contribution in [0, 0.1) is 23.7 Å². The largest absolute Gasteiger partial charge is 0.462 e. The first-order chi connectivity index (χ1) is 14.9. The highest BCUT2D eigenvalue weighted by Crippen LogP contribution is 2.42. The van der Waals surface area contributed by atoms with E-state index in [4.69, 9.17) is 19.3 Å². The molecule has 0 aromatic carbocycles. The first-order valence-corrected chi connectivity index (χ1v) is 11.5. The van der Waals surface area contributed by atoms with Gasteiger partial charge < -0.3 is 19.3 Å². The lowest BCUT2D eigenvalue weighted by Crippen LogP contribution is -2.33. The number of methoxy groups -OCH3 is 1. The number of carbonyl (C=O) groups is 1. The minimum atomic E-state index is -1.63. The first kappa shape index (κ1) is 25.9. The third kappa shape index (κ3) is 8.99. The highest BCUT2D eigenvalue weighted by atomic mass is 19.3. The molecule has 0 aromatic heterocycles. The van der Waals surface area contributed by atoms with Crippen molar-refractivity contribution in [1.82, 2.24) is 0 Å². The molecule has 1 atom stereocenters. The van der Waals surface area contributed by atoms with Crippen LogP contribution in [0.5, 0.6) is 0 Å². The normalized spacial score (nSPS) is 27.4. The van der Waals surface area contributed by atoms with Crippen LogP contribution in [0.4, 0.5) is 8.78 Å². The molecule has 7 heteroatoms. The summed E-state index contributed by atoms with van der Waals surface area (Å²) in [5.41, 5.74) is 0.0745. The van der Waals surface area contributed by atoms with Crippen LogP contribution in [0.3, 0.4) is 0 Å². The van der Waals surface area contributed by atoms with Gasteiger partial charge in [0, 0.05) is 13.0 Å². The molecule has 5 nitrogen and oxygen atoms in total. The topological polar surface area (TPSA) is 65.0 Å². The van der Waals surface area contributed by atoms with Gasteiger partial charge in [-0.25, -0.2) is 4.79 Å². The van der Waals surface area contributed by atoms with Crippen LogP contribution in [-0.4, -0.2) is 50.7 Å². The smallest absolute Gasteiger partial charge is 0.335 e. The van der Waals surface area contributed by atoms with E-state index >= 15 is 0 Å². The zero-order valence-corrected chi connectivity index (χ0v) is 18.7. The summed E-state index contributed by atoms with van der Waals surface area (Å²) in [7, 11) is 1.66. The second kappa shape index (κ2) is 14.0. The Labute approximate surface area is 184 Å². The van der Waals surface area contributed by atoms with Gasteiger partial charge in [-0.05, 0) is 81.6 Å². The summed E-state index contributed by atoms with van der Waals surface area (Å²) in [5, 5.41) is 9.00. The Morgan fingerprint density at radius 1 is 1.06 bits per heavy atom. The van der Waals surface area contributed by atoms with Gasteiger partial charge in [0.05, 0.1) is 38.1 Å². The van der Waals surface area contributed by atoms with E-state index in [2.05, 4.69) is 6.58 Å². The van der Waals surface area contributed by atoms with E-state index in [0.717, 1.165) is 56.4 Å². The van der Waals surface area contributed by atoms with E-state index in [0.29, 0.717) is 25.7 Å². The zero-order chi connectivity index (χ0) is 22.6. The second-order valence-electron chi connectivity index (χ2n) is 8.94. The molecule has 31 heavy (non-hydrogen) atoms. The summed E-state index contributed by atoms with van der Waals surface area (Å²) in [6, 6.07) is 0. The van der Waals surface area contributed by atoms with Crippen LogP contribution < -0.4 is 0 Å². The Morgan fingerprint density at radius 3 is 2.23 bits per heavy atom. The van der Waals surface area contributed by atoms with Gasteiger partial charge in [0.2, 0.25) is 0 Å². The van der Waals surface area contributed by atoms with Crippen LogP contribution >= 0.6 is 0 Å². The standard InChI is InChI=1S/C24H38F2O5/c1-17(14-27)24(28)31-16-21(15-29-2)20-7-5-18(6-8-20)19-9-11-22(12-10-19)30-13-3-4-23(25)26/h4,18-22,27H,1,3,5-16H2,2H3. The van der Waals surface area contributed by atoms with Gasteiger partial charge in [-0.1, -0.05) is 6.58 Å². The van der Waals surface area contributed by atoms with Crippen molar-refractivity contribution in [2.24, 2.45) is 23.7 Å². The van der Waals surface area contributed by atoms with E-state index in [1.54, 1.807) is 7.11 Å². The molecular formula is C24H38F2O5. The Kier molecular flexibility index (Phi) is 11.7. The number of carbonyl (C=O) groups excluding carboxylic acids is 1. The van der Waals surface area contributed by atoms with Crippen molar-refractivity contribution in [2.75, 3.05) is 33.5 Å². The molecule has 0 aromatic rings. The van der Waals surface area contributed by atoms with Crippen molar-refractivity contribution in [1.29, 1.82) is 0 Å². The molecule has 0 heterocycles. The van der Waals surface area contributed by atoms with Crippen molar-refractivity contribution in [3.8, 4) is 0 Å². The Balaban J connectivity index is 1.70. The molecule has 2 fully saturated rings. The molecule has 0 saturated heterocycles. The van der Waals surface area contributed by atoms with Crippen LogP contribution in [0.25, 0.3) is 0 Å². The summed E-state index contributed by atoms with van der Waals surface area (Å²) in [5.74, 6) is 1.53. The maximum atomic E-state index is 12.1. The average molecular weight is 445 g/mol. The second-order valence-corrected chi connectivity index (χ2v) is 8.94. The van der Waals surface area contributed by atoms with Gasteiger partial charge >= 0.3 is 5.97 Å². The summed E-state index contributed by atoms with van der Waals surface area (Å²) in [6.45, 7) is 4.34. The monoisotopic (exact) mass is 444 g/mol. The van der Waals surface area contributed by atoms with Crippen molar-refractivity contribution < 1.29 is 32.9 Å². The number of esters is 1. The molecule has 0 bridgehead atoms. The SMILES string of the molecule is C=C(CO)C(=O)OCC(COC)C1CCC(C2CCC(OCCC=C(F)F)CC2)CC1. The third-order valence-electron chi connectivity index (χ3n) is 6.93. The molecular weight excluding hydrogens is 406 g/mol. The Morgan fingerprint density at radius 2 is 1.68 bits per heavy atom. The van der Waals surface area contributed by atoms with E-state index in [9.17, 15) is 13.6 Å². The van der Waals surface area contributed by atoms with E-state index in [-0.39, 0.29) is 30.6 Å². The number of rotatable bonds is 12. The van der Waals surface area contributed by atoms with Gasteiger partial charge in [0.25, 0.3) is 6.08 Å². The molecule has 1 N–H and O–H groups in total. The molecule has 0 spiro atoms. The highest BCUT2D eigenvalue weighted by molar-refractivity contribution is 5.87. The summed E-state index contributed by atoms with van der Waals surface area (Å²) in [4.78, 5) is 11.8. The van der Waals surface area contributed by atoms with Crippen LogP contribution in [0.2, 0.25) is 0 Å². The van der Waals surface area contributed by atoms with Crippen molar-refractivity contribution >= 4 is 5.97 Å². The minimum Gasteiger partial charge on any atom is -0.462 e. The number of aliphatic hydroxyl groups is 1. The fraction of sp³-hybridized carbons (Fsp3) is 0.792. The van der Waals surface area contributed by atoms with Crippen molar-refractivity contribution in [3.63, 3.8) is 0 Å². The average Bonchev–Trinajstić information content (AvgIpc) is 2.79. The number of hydrogen-bond acceptors (Lipinski definition) is 5. The molecule has 178 valence electrons. The van der Waals surface area contributed by atoms with Crippen molar-refractivity contribution in [3.05, 3.63) is 24.3 Å². The maximum Gasteiger partial charge on any atom is 0.335 e. The minimum absolute atomic E-state index is 0.0745. The number of aliphatic hydroxyl groups excluding tert-OH is 1. The van der Waals surface area contributed by atoms with Crippen LogP contribution in [0.15, 0.2) is 24.3 Å². The molecule has 0 amide bonds. The molecule has 0 aliphatic heterocycles. The molecule has 2 aliphatic carbocycles. The lowest BCUT2D eigenvalue weighted by atomic mass is 9.68. The number of ether oxygens (including phenoxy) is 3. The Bertz CT molecular complexity index is 575. The van der Waals surface area contributed by atoms with Crippen molar-refractivity contribution in [2.45, 2.75) is 63.9 Å². The summed E-state index contributed by atoms with van der Waals surface area (Å²) >= 11 is 0. The van der Waals surface area contributed by atoms with E-state index in [1.807, 2.05) is 0 Å². The van der Waals surface area contributed by atoms with Crippen LogP contribution in [-0.2, 0) is 19.0 Å². The quantitative estimate of drug-likeness (QED) is 0.264. The van der Waals surface area contributed by atoms with E-state index in [1.165, 1.54) is 12.8 Å². The summed E-state index contributed by atoms with van der Waals surface area (Å²) < 4.78 is 40.6. The lowest BCUT2D eigenvalue weighted by molar-refractivity contribution is -0.142. The Hall–Kier alpha value is -1.31. The fourth-order valence-electron chi connectivity index (χ4n) is 5.10. The number of hydrogen-bond donors (Lipinski definition) is 1. The van der Waals surface area contributed by atoms with Gasteiger partial charge in [-0.2, -0.15) is 8.78 Å². The molecule has 2 aliphatic rings. The van der Waals surface area contributed by atoms with E-state index < -0.39 is 12.0 Å². The molecule has 2 rings (SSSR count). The third-order valence-corrected chi connectivity index (χ3v) is 6.93. The van der Waals surface area contributed by atoms with Gasteiger partial charge in [-0.15, -0.1) is 0 Å². The maximum absolute atomic E-state index is 12.1. The fourth-order valence-corrected chi connectivity index (χ4v) is 5.10. The van der Waals surface area contributed by atoms with Gasteiger partial charge in [0.1, 0.15) is 0 Å². The predicted octanol–water partition coefficient (Wildman–Crippen LogP) is 4.89. The zero-order valence-electron chi connectivity index (χ0n) is 18.7. The first-order valence-electron chi connectivity index (χ1n) is 11.5. The van der Waals surface area contributed by atoms with Crippen LogP contribution in [0.1, 0.15) is 57.8 Å². The highest BCUT2D eigenvalue weighted by Gasteiger charge is 2.34. The number of halogens is 2. The molecule has 2 saturated carbocycles. The lowest BCUT2D eigenvalue weighted by Gasteiger charge is -2.39. The molecule has 0 radical (unpaired) electrons.